The number of carbonyl (C=O) groups is 2. The molecular formula is C15H16N2O3S. The van der Waals surface area contributed by atoms with Crippen LogP contribution in [0.2, 0.25) is 0 Å². The molecule has 2 rings (SSSR count). The van der Waals surface area contributed by atoms with Crippen molar-refractivity contribution in [3.8, 4) is 0 Å². The zero-order valence-corrected chi connectivity index (χ0v) is 12.4. The summed E-state index contributed by atoms with van der Waals surface area (Å²) < 4.78 is 4.66. The van der Waals surface area contributed by atoms with Crippen molar-refractivity contribution in [3.05, 3.63) is 57.8 Å². The molecule has 1 heterocycles. The average Bonchev–Trinajstić information content (AvgIpc) is 3.04. The van der Waals surface area contributed by atoms with Crippen molar-refractivity contribution in [2.24, 2.45) is 0 Å². The summed E-state index contributed by atoms with van der Waals surface area (Å²) in [6.07, 6.45) is 0. The van der Waals surface area contributed by atoms with Crippen LogP contribution in [-0.4, -0.2) is 19.1 Å². The summed E-state index contributed by atoms with van der Waals surface area (Å²) in [5.41, 5.74) is 2.38. The number of thiophene rings is 1. The van der Waals surface area contributed by atoms with E-state index >= 15 is 0 Å². The molecule has 2 amide bonds. The zero-order valence-electron chi connectivity index (χ0n) is 11.6. The first kappa shape index (κ1) is 15.1. The minimum Gasteiger partial charge on any atom is -0.465 e. The Morgan fingerprint density at radius 2 is 1.90 bits per heavy atom. The maximum atomic E-state index is 11.7. The SMILES string of the molecule is COC(=O)c1cccc(CNC(=O)NCc2ccsc2)c1. The van der Waals surface area contributed by atoms with Crippen molar-refractivity contribution in [2.75, 3.05) is 7.11 Å². The molecule has 21 heavy (non-hydrogen) atoms. The molecular weight excluding hydrogens is 288 g/mol. The van der Waals surface area contributed by atoms with E-state index in [4.69, 9.17) is 0 Å². The summed E-state index contributed by atoms with van der Waals surface area (Å²) in [5.74, 6) is -0.390. The molecule has 0 spiro atoms. The van der Waals surface area contributed by atoms with E-state index in [2.05, 4.69) is 15.4 Å². The van der Waals surface area contributed by atoms with Crippen LogP contribution in [0.25, 0.3) is 0 Å². The molecule has 1 aromatic heterocycles. The fourth-order valence-electron chi connectivity index (χ4n) is 1.75. The van der Waals surface area contributed by atoms with Crippen molar-refractivity contribution >= 4 is 23.3 Å². The third-order valence-corrected chi connectivity index (χ3v) is 3.57. The van der Waals surface area contributed by atoms with Gasteiger partial charge in [-0.1, -0.05) is 12.1 Å². The Hall–Kier alpha value is -2.34. The fourth-order valence-corrected chi connectivity index (χ4v) is 2.42. The predicted molar refractivity (Wildman–Crippen MR) is 81.2 cm³/mol. The molecule has 0 fully saturated rings. The third kappa shape index (κ3) is 4.61. The Kier molecular flexibility index (Phi) is 5.34. The van der Waals surface area contributed by atoms with E-state index in [0.29, 0.717) is 18.7 Å². The van der Waals surface area contributed by atoms with Gasteiger partial charge < -0.3 is 15.4 Å². The van der Waals surface area contributed by atoms with Crippen molar-refractivity contribution in [1.29, 1.82) is 0 Å². The highest BCUT2D eigenvalue weighted by Crippen LogP contribution is 2.07. The van der Waals surface area contributed by atoms with Gasteiger partial charge in [-0.05, 0) is 40.1 Å². The number of nitrogens with one attached hydrogen (secondary N) is 2. The number of carbonyl (C=O) groups excluding carboxylic acids is 2. The van der Waals surface area contributed by atoms with Crippen molar-refractivity contribution in [2.45, 2.75) is 13.1 Å². The molecule has 1 aromatic carbocycles. The average molecular weight is 304 g/mol. The number of benzene rings is 1. The highest BCUT2D eigenvalue weighted by Gasteiger charge is 2.06. The first-order valence-electron chi connectivity index (χ1n) is 6.39. The Bertz CT molecular complexity index is 611. The maximum Gasteiger partial charge on any atom is 0.337 e. The van der Waals surface area contributed by atoms with Crippen LogP contribution >= 0.6 is 11.3 Å². The van der Waals surface area contributed by atoms with Crippen molar-refractivity contribution < 1.29 is 14.3 Å². The second kappa shape index (κ2) is 7.44. The van der Waals surface area contributed by atoms with Gasteiger partial charge in [0, 0.05) is 13.1 Å². The van der Waals surface area contributed by atoms with Crippen LogP contribution in [-0.2, 0) is 17.8 Å². The number of amides is 2. The fraction of sp³-hybridized carbons (Fsp3) is 0.200. The lowest BCUT2D eigenvalue weighted by molar-refractivity contribution is 0.0600. The van der Waals surface area contributed by atoms with Crippen LogP contribution in [0.4, 0.5) is 4.79 Å². The number of hydrogen-bond acceptors (Lipinski definition) is 4. The summed E-state index contributed by atoms with van der Waals surface area (Å²) >= 11 is 1.59. The lowest BCUT2D eigenvalue weighted by Crippen LogP contribution is -2.34. The Morgan fingerprint density at radius 1 is 1.14 bits per heavy atom. The molecule has 0 saturated heterocycles. The van der Waals surface area contributed by atoms with Gasteiger partial charge >= 0.3 is 12.0 Å². The molecule has 6 heteroatoms. The topological polar surface area (TPSA) is 67.4 Å². The number of ether oxygens (including phenoxy) is 1. The second-order valence-corrected chi connectivity index (χ2v) is 5.14. The monoisotopic (exact) mass is 304 g/mol. The van der Waals surface area contributed by atoms with E-state index < -0.39 is 5.97 Å². The Labute approximate surface area is 126 Å². The van der Waals surface area contributed by atoms with Crippen molar-refractivity contribution in [1.82, 2.24) is 10.6 Å². The lowest BCUT2D eigenvalue weighted by atomic mass is 10.1. The maximum absolute atomic E-state index is 11.7. The van der Waals surface area contributed by atoms with Crippen LogP contribution < -0.4 is 10.6 Å². The van der Waals surface area contributed by atoms with Crippen LogP contribution in [0.1, 0.15) is 21.5 Å². The molecule has 2 N–H and O–H groups in total. The van der Waals surface area contributed by atoms with Gasteiger partial charge in [0.2, 0.25) is 0 Å². The molecule has 0 aliphatic rings. The predicted octanol–water partition coefficient (Wildman–Crippen LogP) is 2.53. The number of methoxy groups -OCH3 is 1. The van der Waals surface area contributed by atoms with Crippen LogP contribution in [0.3, 0.4) is 0 Å². The molecule has 0 unspecified atom stereocenters. The van der Waals surface area contributed by atoms with Crippen LogP contribution in [0.5, 0.6) is 0 Å². The van der Waals surface area contributed by atoms with Crippen LogP contribution in [0.15, 0.2) is 41.1 Å². The summed E-state index contributed by atoms with van der Waals surface area (Å²) in [6.45, 7) is 0.845. The zero-order chi connectivity index (χ0) is 15.1. The molecule has 0 saturated carbocycles. The summed E-state index contributed by atoms with van der Waals surface area (Å²) in [6, 6.07) is 8.68. The van der Waals surface area contributed by atoms with E-state index in [1.165, 1.54) is 7.11 Å². The number of hydrogen-bond donors (Lipinski definition) is 2. The van der Waals surface area contributed by atoms with Gasteiger partial charge in [-0.2, -0.15) is 11.3 Å². The second-order valence-electron chi connectivity index (χ2n) is 4.36. The van der Waals surface area contributed by atoms with E-state index in [9.17, 15) is 9.59 Å². The highest BCUT2D eigenvalue weighted by molar-refractivity contribution is 7.07. The molecule has 0 aliphatic heterocycles. The quantitative estimate of drug-likeness (QED) is 0.834. The minimum atomic E-state index is -0.390. The molecule has 110 valence electrons. The van der Waals surface area contributed by atoms with Gasteiger partial charge in [0.05, 0.1) is 12.7 Å². The van der Waals surface area contributed by atoms with Crippen molar-refractivity contribution in [3.63, 3.8) is 0 Å². The van der Waals surface area contributed by atoms with E-state index in [1.54, 1.807) is 29.5 Å². The number of rotatable bonds is 5. The largest absolute Gasteiger partial charge is 0.465 e. The lowest BCUT2D eigenvalue weighted by Gasteiger charge is -2.08. The van der Waals surface area contributed by atoms with Gasteiger partial charge in [0.15, 0.2) is 0 Å². The van der Waals surface area contributed by atoms with E-state index in [0.717, 1.165) is 11.1 Å². The van der Waals surface area contributed by atoms with E-state index in [1.807, 2.05) is 22.9 Å². The third-order valence-electron chi connectivity index (χ3n) is 2.83. The summed E-state index contributed by atoms with van der Waals surface area (Å²) in [5, 5.41) is 9.47. The minimum absolute atomic E-state index is 0.246. The summed E-state index contributed by atoms with van der Waals surface area (Å²) in [4.78, 5) is 23.1. The number of urea groups is 1. The Morgan fingerprint density at radius 3 is 2.57 bits per heavy atom. The van der Waals surface area contributed by atoms with Gasteiger partial charge in [-0.15, -0.1) is 0 Å². The normalized spacial score (nSPS) is 9.95. The molecule has 0 bridgehead atoms. The first-order valence-corrected chi connectivity index (χ1v) is 7.33. The van der Waals surface area contributed by atoms with Gasteiger partial charge in [-0.25, -0.2) is 9.59 Å². The highest BCUT2D eigenvalue weighted by atomic mass is 32.1. The van der Waals surface area contributed by atoms with Crippen LogP contribution in [0, 0.1) is 0 Å². The first-order chi connectivity index (χ1) is 10.2. The van der Waals surface area contributed by atoms with Gasteiger partial charge in [0.25, 0.3) is 0 Å². The number of esters is 1. The smallest absolute Gasteiger partial charge is 0.337 e. The Balaban J connectivity index is 1.82. The molecule has 2 aromatic rings. The molecule has 0 aliphatic carbocycles. The van der Waals surface area contributed by atoms with Gasteiger partial charge in [0.1, 0.15) is 0 Å². The van der Waals surface area contributed by atoms with E-state index in [-0.39, 0.29) is 6.03 Å². The summed E-state index contributed by atoms with van der Waals surface area (Å²) in [7, 11) is 1.34. The standard InChI is InChI=1S/C15H16N2O3S/c1-20-14(18)13-4-2-3-11(7-13)8-16-15(19)17-9-12-5-6-21-10-12/h2-7,10H,8-9H2,1H3,(H2,16,17,19). The molecule has 5 nitrogen and oxygen atoms in total. The molecule has 0 atom stereocenters. The molecule has 0 radical (unpaired) electrons. The van der Waals surface area contributed by atoms with Gasteiger partial charge in [-0.3, -0.25) is 0 Å².